The van der Waals surface area contributed by atoms with E-state index in [4.69, 9.17) is 0 Å². The van der Waals surface area contributed by atoms with Gasteiger partial charge in [-0.15, -0.1) is 22.7 Å². The van der Waals surface area contributed by atoms with Gasteiger partial charge >= 0.3 is 0 Å². The van der Waals surface area contributed by atoms with Crippen LogP contribution in [-0.4, -0.2) is 22.1 Å². The van der Waals surface area contributed by atoms with Crippen LogP contribution >= 0.6 is 34.0 Å². The third kappa shape index (κ3) is 3.57. The average molecular weight is 435 g/mol. The minimum Gasteiger partial charge on any atom is -0.267 e. The van der Waals surface area contributed by atoms with E-state index < -0.39 is 0 Å². The van der Waals surface area contributed by atoms with Gasteiger partial charge in [-0.25, -0.2) is 9.97 Å². The van der Waals surface area contributed by atoms with Crippen LogP contribution < -0.4 is 5.01 Å². The quantitative estimate of drug-likeness (QED) is 0.259. The zero-order valence-corrected chi connectivity index (χ0v) is 17.7. The summed E-state index contributed by atoms with van der Waals surface area (Å²) in [6, 6.07) is 15.5. The van der Waals surface area contributed by atoms with Crippen molar-refractivity contribution in [3.63, 3.8) is 0 Å². The van der Waals surface area contributed by atoms with Crippen molar-refractivity contribution >= 4 is 71.7 Å². The maximum Gasteiger partial charge on any atom is 0.280 e. The van der Waals surface area contributed by atoms with Gasteiger partial charge in [-0.2, -0.15) is 10.1 Å². The van der Waals surface area contributed by atoms with Gasteiger partial charge in [-0.1, -0.05) is 23.5 Å². The molecule has 0 bridgehead atoms. The number of rotatable bonds is 4. The highest BCUT2D eigenvalue weighted by molar-refractivity contribution is 7.22. The van der Waals surface area contributed by atoms with Crippen LogP contribution in [0.25, 0.3) is 20.4 Å². The van der Waals surface area contributed by atoms with E-state index >= 15 is 0 Å². The van der Waals surface area contributed by atoms with Crippen LogP contribution in [0.4, 0.5) is 5.13 Å². The number of hydrogen-bond acceptors (Lipinski definition) is 7. The Balaban J connectivity index is 1.59. The van der Waals surface area contributed by atoms with Gasteiger partial charge in [0.15, 0.2) is 0 Å². The molecule has 0 radical (unpaired) electrons. The van der Waals surface area contributed by atoms with E-state index in [0.29, 0.717) is 10.7 Å². The van der Waals surface area contributed by atoms with Crippen molar-refractivity contribution in [2.45, 2.75) is 6.92 Å². The Bertz CT molecular complexity index is 1350. The van der Waals surface area contributed by atoms with Gasteiger partial charge in [-0.3, -0.25) is 4.79 Å². The third-order valence-electron chi connectivity index (χ3n) is 4.33. The first-order valence-electron chi connectivity index (χ1n) is 8.80. The number of fused-ring (bicyclic) bond motifs is 2. The topological polar surface area (TPSA) is 58.5 Å². The zero-order valence-electron chi connectivity index (χ0n) is 15.3. The van der Waals surface area contributed by atoms with Gasteiger partial charge in [0.1, 0.15) is 0 Å². The van der Waals surface area contributed by atoms with Gasteiger partial charge in [0, 0.05) is 10.4 Å². The summed E-state index contributed by atoms with van der Waals surface area (Å²) >= 11 is 4.54. The zero-order chi connectivity index (χ0) is 19.8. The molecule has 5 aromatic rings. The van der Waals surface area contributed by atoms with Gasteiger partial charge in [0.2, 0.25) is 5.13 Å². The fourth-order valence-electron chi connectivity index (χ4n) is 2.89. The Hall–Kier alpha value is -2.94. The molecule has 0 aliphatic rings. The molecule has 0 fully saturated rings. The lowest BCUT2D eigenvalue weighted by molar-refractivity contribution is 0.0988. The summed E-state index contributed by atoms with van der Waals surface area (Å²) in [6.07, 6.45) is 1.70. The van der Waals surface area contributed by atoms with E-state index in [1.807, 2.05) is 48.7 Å². The molecule has 0 atom stereocenters. The molecule has 0 aliphatic heterocycles. The van der Waals surface area contributed by atoms with Gasteiger partial charge in [-0.05, 0) is 54.3 Å². The first kappa shape index (κ1) is 18.1. The Morgan fingerprint density at radius 3 is 2.83 bits per heavy atom. The number of hydrogen-bond donors (Lipinski definition) is 0. The first-order chi connectivity index (χ1) is 14.2. The molecule has 1 amide bonds. The molecule has 0 unspecified atom stereocenters. The van der Waals surface area contributed by atoms with Gasteiger partial charge < -0.3 is 0 Å². The number of thiazole rings is 2. The van der Waals surface area contributed by atoms with Crippen LogP contribution in [0.2, 0.25) is 0 Å². The van der Waals surface area contributed by atoms with E-state index in [0.717, 1.165) is 30.9 Å². The average Bonchev–Trinajstić information content (AvgIpc) is 3.47. The van der Waals surface area contributed by atoms with Crippen molar-refractivity contribution in [3.8, 4) is 0 Å². The number of nitrogens with zero attached hydrogens (tertiary/aromatic N) is 4. The van der Waals surface area contributed by atoms with Crippen LogP contribution in [0.3, 0.4) is 0 Å². The highest BCUT2D eigenvalue weighted by Gasteiger charge is 2.21. The molecule has 0 spiro atoms. The normalized spacial score (nSPS) is 11.6. The summed E-state index contributed by atoms with van der Waals surface area (Å²) < 4.78 is 2.00. The molecule has 0 N–H and O–H groups in total. The molecule has 29 heavy (non-hydrogen) atoms. The number of aromatic nitrogens is 2. The number of carbonyl (C=O) groups excluding carboxylic acids is 1. The molecule has 5 nitrogen and oxygen atoms in total. The second-order valence-corrected chi connectivity index (χ2v) is 9.25. The van der Waals surface area contributed by atoms with E-state index in [9.17, 15) is 4.79 Å². The number of carbonyl (C=O) groups is 1. The molecule has 8 heteroatoms. The summed E-state index contributed by atoms with van der Waals surface area (Å²) in [6.45, 7) is 2.04. The largest absolute Gasteiger partial charge is 0.280 e. The summed E-state index contributed by atoms with van der Waals surface area (Å²) in [7, 11) is 0. The predicted molar refractivity (Wildman–Crippen MR) is 123 cm³/mol. The lowest BCUT2D eigenvalue weighted by Gasteiger charge is -2.13. The summed E-state index contributed by atoms with van der Waals surface area (Å²) in [4.78, 5) is 23.3. The third-order valence-corrected chi connectivity index (χ3v) is 6.92. The van der Waals surface area contributed by atoms with E-state index in [1.54, 1.807) is 29.1 Å². The van der Waals surface area contributed by atoms with Crippen molar-refractivity contribution in [2.24, 2.45) is 5.10 Å². The minimum absolute atomic E-state index is 0.219. The molecular weight excluding hydrogens is 420 g/mol. The molecule has 2 aromatic carbocycles. The number of thiophene rings is 1. The summed E-state index contributed by atoms with van der Waals surface area (Å²) in [5.41, 5.74) is 5.23. The number of benzene rings is 2. The van der Waals surface area contributed by atoms with Crippen molar-refractivity contribution in [2.75, 3.05) is 5.01 Å². The molecule has 3 aromatic heterocycles. The second-order valence-electron chi connectivity index (χ2n) is 6.38. The van der Waals surface area contributed by atoms with Crippen molar-refractivity contribution in [1.29, 1.82) is 0 Å². The van der Waals surface area contributed by atoms with Crippen LogP contribution in [-0.2, 0) is 0 Å². The fourth-order valence-corrected chi connectivity index (χ4v) is 5.20. The molecular formula is C21H14N4OS3. The molecule has 3 heterocycles. The molecule has 142 valence electrons. The highest BCUT2D eigenvalue weighted by Crippen LogP contribution is 2.31. The maximum absolute atomic E-state index is 13.4. The number of amides is 1. The fraction of sp³-hybridized carbons (Fsp3) is 0.0476. The molecule has 0 aliphatic carbocycles. The highest BCUT2D eigenvalue weighted by atomic mass is 32.1. The van der Waals surface area contributed by atoms with Gasteiger partial charge in [0.05, 0.1) is 32.2 Å². The number of aryl methyl sites for hydroxylation is 1. The van der Waals surface area contributed by atoms with Crippen LogP contribution in [0, 0.1) is 6.92 Å². The smallest absolute Gasteiger partial charge is 0.267 e. The number of anilines is 1. The molecule has 5 rings (SSSR count). The summed E-state index contributed by atoms with van der Waals surface area (Å²) in [5.74, 6) is -0.219. The van der Waals surface area contributed by atoms with Crippen molar-refractivity contribution < 1.29 is 4.79 Å². The standard InChI is InChI=1S/C21H14N4OS3/c1-13-4-6-17-19(9-13)29-21(24-17)25(23-11-15-3-2-8-27-15)20(26)14-5-7-16-18(10-14)28-12-22-16/h2-12H,1H3/b23-11+. The van der Waals surface area contributed by atoms with Crippen LogP contribution in [0.1, 0.15) is 20.8 Å². The predicted octanol–water partition coefficient (Wildman–Crippen LogP) is 5.96. The van der Waals surface area contributed by atoms with Crippen LogP contribution in [0.15, 0.2) is 64.5 Å². The van der Waals surface area contributed by atoms with Crippen molar-refractivity contribution in [3.05, 3.63) is 75.4 Å². The minimum atomic E-state index is -0.219. The van der Waals surface area contributed by atoms with E-state index in [1.165, 1.54) is 27.7 Å². The number of hydrazone groups is 1. The first-order valence-corrected chi connectivity index (χ1v) is 11.4. The lowest BCUT2D eigenvalue weighted by atomic mass is 10.2. The SMILES string of the molecule is Cc1ccc2nc(N(/N=C/c3cccs3)C(=O)c3ccc4ncsc4c3)sc2c1. The van der Waals surface area contributed by atoms with Gasteiger partial charge in [0.25, 0.3) is 5.91 Å². The Morgan fingerprint density at radius 1 is 1.07 bits per heavy atom. The molecule has 0 saturated carbocycles. The Labute approximate surface area is 178 Å². The van der Waals surface area contributed by atoms with Crippen molar-refractivity contribution in [1.82, 2.24) is 9.97 Å². The van der Waals surface area contributed by atoms with Crippen LogP contribution in [0.5, 0.6) is 0 Å². The van der Waals surface area contributed by atoms with E-state index in [2.05, 4.69) is 21.1 Å². The summed E-state index contributed by atoms with van der Waals surface area (Å²) in [5, 5.41) is 8.42. The lowest BCUT2D eigenvalue weighted by Crippen LogP contribution is -2.25. The Kier molecular flexibility index (Phi) is 4.67. The van der Waals surface area contributed by atoms with E-state index in [-0.39, 0.29) is 5.91 Å². The second kappa shape index (κ2) is 7.47. The Morgan fingerprint density at radius 2 is 1.97 bits per heavy atom. The maximum atomic E-state index is 13.4. The monoisotopic (exact) mass is 434 g/mol. The molecule has 0 saturated heterocycles.